The van der Waals surface area contributed by atoms with Gasteiger partial charge in [0.15, 0.2) is 17.4 Å². The van der Waals surface area contributed by atoms with Crippen LogP contribution in [0.15, 0.2) is 41.3 Å². The third-order valence-electron chi connectivity index (χ3n) is 2.64. The van der Waals surface area contributed by atoms with Crippen molar-refractivity contribution in [3.8, 4) is 0 Å². The number of ketones is 1. The summed E-state index contributed by atoms with van der Waals surface area (Å²) in [6.45, 7) is 0. The number of benzene rings is 2. The summed E-state index contributed by atoms with van der Waals surface area (Å²) in [6.07, 6.45) is 0. The van der Waals surface area contributed by atoms with Gasteiger partial charge in [-0.1, -0.05) is 0 Å². The Morgan fingerprint density at radius 1 is 0.905 bits per heavy atom. The predicted octanol–water partition coefficient (Wildman–Crippen LogP) is 3.23. The average Bonchev–Trinajstić information content (AvgIpc) is 2.41. The van der Waals surface area contributed by atoms with Crippen molar-refractivity contribution in [2.45, 2.75) is 4.90 Å². The van der Waals surface area contributed by atoms with Gasteiger partial charge in [0, 0.05) is 11.6 Å². The van der Waals surface area contributed by atoms with Crippen molar-refractivity contribution in [3.63, 3.8) is 0 Å². The summed E-state index contributed by atoms with van der Waals surface area (Å²) in [7, 11) is -2.05. The zero-order valence-electron chi connectivity index (χ0n) is 10.4. The van der Waals surface area contributed by atoms with E-state index < -0.39 is 45.6 Å². The maximum absolute atomic E-state index is 13.4. The molecule has 2 rings (SSSR count). The van der Waals surface area contributed by atoms with Gasteiger partial charge in [0.05, 0.1) is 21.4 Å². The van der Waals surface area contributed by atoms with Crippen LogP contribution in [-0.4, -0.2) is 15.7 Å². The highest BCUT2D eigenvalue weighted by Gasteiger charge is 2.17. The minimum absolute atomic E-state index is 0.176. The summed E-state index contributed by atoms with van der Waals surface area (Å²) in [5.41, 5.74) is -0.176. The maximum atomic E-state index is 13.4. The van der Waals surface area contributed by atoms with Gasteiger partial charge >= 0.3 is 0 Å². The maximum Gasteiger partial charge on any atom is 0.175 e. The Balaban J connectivity index is 2.18. The van der Waals surface area contributed by atoms with E-state index in [0.717, 1.165) is 24.3 Å². The van der Waals surface area contributed by atoms with Gasteiger partial charge in [0.2, 0.25) is 0 Å². The smallest absolute Gasteiger partial charge is 0.175 e. The molecule has 1 atom stereocenters. The van der Waals surface area contributed by atoms with Gasteiger partial charge in [0.1, 0.15) is 11.6 Å². The van der Waals surface area contributed by atoms with Gasteiger partial charge in [0.25, 0.3) is 0 Å². The molecule has 7 heteroatoms. The van der Waals surface area contributed by atoms with E-state index in [0.29, 0.717) is 12.1 Å². The van der Waals surface area contributed by atoms with Gasteiger partial charge in [-0.25, -0.2) is 17.6 Å². The molecule has 2 nitrogen and oxygen atoms in total. The van der Waals surface area contributed by atoms with Crippen LogP contribution in [0.1, 0.15) is 10.4 Å². The Morgan fingerprint density at radius 3 is 2.24 bits per heavy atom. The number of carbonyl (C=O) groups is 1. The molecule has 1 unspecified atom stereocenters. The molecule has 0 aliphatic rings. The van der Waals surface area contributed by atoms with Crippen LogP contribution in [0.25, 0.3) is 0 Å². The van der Waals surface area contributed by atoms with Crippen molar-refractivity contribution in [1.29, 1.82) is 0 Å². The minimum atomic E-state index is -2.05. The lowest BCUT2D eigenvalue weighted by atomic mass is 10.1. The first-order valence-electron chi connectivity index (χ1n) is 5.70. The molecule has 2 aromatic carbocycles. The fourth-order valence-corrected chi connectivity index (χ4v) is 2.67. The van der Waals surface area contributed by atoms with Crippen molar-refractivity contribution in [2.24, 2.45) is 0 Å². The molecule has 110 valence electrons. The van der Waals surface area contributed by atoms with E-state index in [1.165, 1.54) is 0 Å². The first kappa shape index (κ1) is 15.4. The van der Waals surface area contributed by atoms with E-state index in [-0.39, 0.29) is 10.5 Å². The van der Waals surface area contributed by atoms with Gasteiger partial charge in [-0.15, -0.1) is 0 Å². The zero-order valence-corrected chi connectivity index (χ0v) is 11.2. The third kappa shape index (κ3) is 3.55. The van der Waals surface area contributed by atoms with E-state index in [2.05, 4.69) is 0 Å². The Bertz CT molecular complexity index is 731. The molecule has 2 aromatic rings. The summed E-state index contributed by atoms with van der Waals surface area (Å²) in [5.74, 6) is -5.55. The Hall–Kier alpha value is -2.02. The number of hydrogen-bond donors (Lipinski definition) is 0. The molecule has 0 amide bonds. The van der Waals surface area contributed by atoms with Gasteiger partial charge in [-0.2, -0.15) is 0 Å². The fraction of sp³-hybridized carbons (Fsp3) is 0.0714. The normalized spacial score (nSPS) is 12.2. The highest BCUT2D eigenvalue weighted by atomic mass is 32.2. The lowest BCUT2D eigenvalue weighted by Gasteiger charge is -2.04. The molecule has 0 aliphatic heterocycles. The zero-order chi connectivity index (χ0) is 15.6. The molecular weight excluding hydrogens is 308 g/mol. The van der Waals surface area contributed by atoms with Gasteiger partial charge < -0.3 is 0 Å². The average molecular weight is 316 g/mol. The summed E-state index contributed by atoms with van der Waals surface area (Å²) in [4.78, 5) is 11.5. The van der Waals surface area contributed by atoms with E-state index in [1.807, 2.05) is 0 Å². The molecule has 0 aliphatic carbocycles. The number of hydrogen-bond acceptors (Lipinski definition) is 2. The van der Waals surface area contributed by atoms with Crippen LogP contribution in [0.5, 0.6) is 0 Å². The lowest BCUT2D eigenvalue weighted by Crippen LogP contribution is -2.12. The second-order valence-electron chi connectivity index (χ2n) is 4.12. The van der Waals surface area contributed by atoms with E-state index in [4.69, 9.17) is 0 Å². The Kier molecular flexibility index (Phi) is 4.52. The standard InChI is InChI=1S/C14H8F4O2S/c15-9-2-4-14(12(18)6-9)21(20)7-13(19)8-1-3-10(16)11(17)5-8/h1-6H,7H2. The Morgan fingerprint density at radius 2 is 1.62 bits per heavy atom. The number of Topliss-reactive ketones (excluding diaryl/α,β-unsaturated/α-hetero) is 1. The highest BCUT2D eigenvalue weighted by molar-refractivity contribution is 7.85. The van der Waals surface area contributed by atoms with Crippen molar-refractivity contribution < 1.29 is 26.6 Å². The largest absolute Gasteiger partial charge is 0.293 e. The quantitative estimate of drug-likeness (QED) is 0.641. The first-order valence-corrected chi connectivity index (χ1v) is 7.02. The molecule has 0 heterocycles. The summed E-state index contributed by atoms with van der Waals surface area (Å²) < 4.78 is 63.8. The fourth-order valence-electron chi connectivity index (χ4n) is 1.61. The third-order valence-corrected chi connectivity index (χ3v) is 3.99. The molecule has 0 saturated heterocycles. The number of rotatable bonds is 4. The molecule has 0 aromatic heterocycles. The molecule has 0 fully saturated rings. The van der Waals surface area contributed by atoms with Crippen molar-refractivity contribution in [2.75, 3.05) is 5.75 Å². The Labute approximate surface area is 119 Å². The summed E-state index contributed by atoms with van der Waals surface area (Å²) in [6, 6.07) is 4.92. The highest BCUT2D eigenvalue weighted by Crippen LogP contribution is 2.16. The van der Waals surface area contributed by atoms with E-state index >= 15 is 0 Å². The molecule has 0 spiro atoms. The number of carbonyl (C=O) groups excluding carboxylic acids is 1. The molecule has 21 heavy (non-hydrogen) atoms. The minimum Gasteiger partial charge on any atom is -0.293 e. The number of halogens is 4. The second-order valence-corrected chi connectivity index (χ2v) is 5.54. The lowest BCUT2D eigenvalue weighted by molar-refractivity contribution is 0.102. The first-order chi connectivity index (χ1) is 9.88. The van der Waals surface area contributed by atoms with Crippen LogP contribution in [0.4, 0.5) is 17.6 Å². The summed E-state index contributed by atoms with van der Waals surface area (Å²) >= 11 is 0. The van der Waals surface area contributed by atoms with Gasteiger partial charge in [-0.05, 0) is 30.3 Å². The van der Waals surface area contributed by atoms with Crippen molar-refractivity contribution in [3.05, 3.63) is 65.2 Å². The van der Waals surface area contributed by atoms with E-state index in [1.54, 1.807) is 0 Å². The predicted molar refractivity (Wildman–Crippen MR) is 68.3 cm³/mol. The molecule has 0 N–H and O–H groups in total. The van der Waals surface area contributed by atoms with E-state index in [9.17, 15) is 26.6 Å². The van der Waals surface area contributed by atoms with Crippen LogP contribution in [0, 0.1) is 23.3 Å². The van der Waals surface area contributed by atoms with Crippen molar-refractivity contribution in [1.82, 2.24) is 0 Å². The molecule has 0 radical (unpaired) electrons. The second kappa shape index (κ2) is 6.17. The van der Waals surface area contributed by atoms with Crippen LogP contribution in [0.2, 0.25) is 0 Å². The van der Waals surface area contributed by atoms with Crippen LogP contribution < -0.4 is 0 Å². The van der Waals surface area contributed by atoms with Crippen LogP contribution in [-0.2, 0) is 10.8 Å². The molecule has 0 bridgehead atoms. The summed E-state index contributed by atoms with van der Waals surface area (Å²) in [5, 5.41) is 0. The topological polar surface area (TPSA) is 34.1 Å². The van der Waals surface area contributed by atoms with Crippen molar-refractivity contribution >= 4 is 16.6 Å². The van der Waals surface area contributed by atoms with Crippen LogP contribution >= 0.6 is 0 Å². The van der Waals surface area contributed by atoms with Crippen LogP contribution in [0.3, 0.4) is 0 Å². The molecular formula is C14H8F4O2S. The monoisotopic (exact) mass is 316 g/mol. The molecule has 0 saturated carbocycles. The SMILES string of the molecule is O=C(CS(=O)c1ccc(F)cc1F)c1ccc(F)c(F)c1. The van der Waals surface area contributed by atoms with Gasteiger partial charge in [-0.3, -0.25) is 9.00 Å².